The molecule has 1 aromatic heterocycles. The molecule has 0 fully saturated rings. The van der Waals surface area contributed by atoms with Crippen molar-refractivity contribution in [1.29, 1.82) is 0 Å². The Labute approximate surface area is 277 Å². The van der Waals surface area contributed by atoms with Crippen LogP contribution in [0.3, 0.4) is 0 Å². The Hall–Kier alpha value is -4.65. The lowest BCUT2D eigenvalue weighted by Gasteiger charge is -2.26. The first-order chi connectivity index (χ1) is 22.8. The summed E-state index contributed by atoms with van der Waals surface area (Å²) in [4.78, 5) is 13.6. The fourth-order valence-corrected chi connectivity index (χ4v) is 6.64. The van der Waals surface area contributed by atoms with E-state index in [9.17, 15) is 31.5 Å². The van der Waals surface area contributed by atoms with Gasteiger partial charge in [0.1, 0.15) is 0 Å². The van der Waals surface area contributed by atoms with Gasteiger partial charge < -0.3 is 15.7 Å². The van der Waals surface area contributed by atoms with Crippen LogP contribution in [0.25, 0.3) is 10.9 Å². The molecule has 0 radical (unpaired) electrons. The smallest absolute Gasteiger partial charge is 0.390 e. The number of aliphatic hydroxyl groups is 1. The van der Waals surface area contributed by atoms with Crippen LogP contribution in [0, 0.1) is 0 Å². The minimum Gasteiger partial charge on any atom is -0.390 e. The molecule has 5 rings (SSSR count). The number of aromatic nitrogens is 1. The number of rotatable bonds is 13. The van der Waals surface area contributed by atoms with Gasteiger partial charge in [-0.25, -0.2) is 13.1 Å². The van der Waals surface area contributed by atoms with Crippen LogP contribution in [0.1, 0.15) is 39.7 Å². The van der Waals surface area contributed by atoms with E-state index < -0.39 is 39.8 Å². The molecule has 5 aromatic rings. The van der Waals surface area contributed by atoms with Crippen LogP contribution >= 0.6 is 0 Å². The number of aliphatic hydroxyl groups excluding tert-OH is 1. The zero-order valence-electron chi connectivity index (χ0n) is 26.5. The molecular formula is C36H37F3N4O4S. The van der Waals surface area contributed by atoms with Crippen LogP contribution in [-0.4, -0.2) is 49.1 Å². The number of carbonyl (C=O) groups excluding carboxylic acids is 1. The number of para-hydroxylation sites is 1. The number of amides is 1. The van der Waals surface area contributed by atoms with E-state index in [0.29, 0.717) is 40.6 Å². The largest absolute Gasteiger partial charge is 0.416 e. The highest BCUT2D eigenvalue weighted by atomic mass is 32.2. The summed E-state index contributed by atoms with van der Waals surface area (Å²) in [6, 6.07) is 29.1. The van der Waals surface area contributed by atoms with Crippen molar-refractivity contribution in [2.75, 3.05) is 17.2 Å². The maximum Gasteiger partial charge on any atom is 0.416 e. The topological polar surface area (TPSA) is 104 Å². The summed E-state index contributed by atoms with van der Waals surface area (Å²) in [7, 11) is -3.75. The molecule has 3 N–H and O–H groups in total. The second-order valence-electron chi connectivity index (χ2n) is 11.6. The Bertz CT molecular complexity index is 1970. The maximum absolute atomic E-state index is 13.6. The molecule has 0 aliphatic rings. The summed E-state index contributed by atoms with van der Waals surface area (Å²) in [6.45, 7) is 2.02. The van der Waals surface area contributed by atoms with E-state index in [1.165, 1.54) is 10.5 Å². The number of nitrogens with one attached hydrogen (secondary N) is 2. The first-order valence-electron chi connectivity index (χ1n) is 15.4. The van der Waals surface area contributed by atoms with Gasteiger partial charge in [-0.15, -0.1) is 0 Å². The first kappa shape index (κ1) is 34.7. The molecule has 8 nitrogen and oxygen atoms in total. The van der Waals surface area contributed by atoms with Crippen molar-refractivity contribution in [2.24, 2.45) is 0 Å². The standard InChI is InChI=1S/C36H37F3N4O4S/c1-3-30-22-28-21-27(17-18-33(28)42(30)43(48(2,46)47)31-15-8-5-9-16-31)35(45)41-32(20-25-11-6-4-7-12-25)34(44)24-40-23-26-13-10-14-29(19-26)36(37,38)39/h4-19,21-22,32,34,40,44H,3,20,23-24H2,1-2H3,(H,41,45)/t32-,34+/m0/s1. The summed E-state index contributed by atoms with van der Waals surface area (Å²) in [5.41, 5.74) is 2.64. The van der Waals surface area contributed by atoms with Crippen LogP contribution < -0.4 is 15.0 Å². The molecule has 4 aromatic carbocycles. The van der Waals surface area contributed by atoms with E-state index in [0.717, 1.165) is 29.6 Å². The normalized spacial score (nSPS) is 13.3. The first-order valence-corrected chi connectivity index (χ1v) is 17.3. The molecule has 0 unspecified atom stereocenters. The monoisotopic (exact) mass is 678 g/mol. The van der Waals surface area contributed by atoms with Gasteiger partial charge in [-0.2, -0.15) is 17.6 Å². The number of fused-ring (bicyclic) bond motifs is 1. The number of sulfonamides is 1. The molecule has 2 atom stereocenters. The zero-order valence-corrected chi connectivity index (χ0v) is 27.3. The van der Waals surface area contributed by atoms with Gasteiger partial charge in [-0.05, 0) is 66.4 Å². The quantitative estimate of drug-likeness (QED) is 0.143. The summed E-state index contributed by atoms with van der Waals surface area (Å²) in [6.07, 6.45) is -3.57. The maximum atomic E-state index is 13.6. The van der Waals surface area contributed by atoms with Gasteiger partial charge in [-0.3, -0.25) is 4.79 Å². The highest BCUT2D eigenvalue weighted by molar-refractivity contribution is 7.92. The van der Waals surface area contributed by atoms with Crippen molar-refractivity contribution in [3.63, 3.8) is 0 Å². The van der Waals surface area contributed by atoms with E-state index in [1.807, 2.05) is 43.3 Å². The molecule has 48 heavy (non-hydrogen) atoms. The third-order valence-corrected chi connectivity index (χ3v) is 8.97. The lowest BCUT2D eigenvalue weighted by molar-refractivity contribution is -0.137. The van der Waals surface area contributed by atoms with Crippen molar-refractivity contribution in [3.8, 4) is 0 Å². The van der Waals surface area contributed by atoms with Gasteiger partial charge in [0.05, 0.1) is 35.2 Å². The van der Waals surface area contributed by atoms with Crippen molar-refractivity contribution < 1.29 is 31.5 Å². The second-order valence-corrected chi connectivity index (χ2v) is 13.4. The van der Waals surface area contributed by atoms with Crippen LogP contribution in [0.2, 0.25) is 0 Å². The van der Waals surface area contributed by atoms with Crippen molar-refractivity contribution >= 4 is 32.5 Å². The molecule has 0 saturated carbocycles. The van der Waals surface area contributed by atoms with Gasteiger partial charge in [-0.1, -0.05) is 73.7 Å². The minimum atomic E-state index is -4.46. The fourth-order valence-electron chi connectivity index (χ4n) is 5.64. The van der Waals surface area contributed by atoms with E-state index in [-0.39, 0.29) is 13.1 Å². The number of hydrogen-bond donors (Lipinski definition) is 3. The summed E-state index contributed by atoms with van der Waals surface area (Å²) >= 11 is 0. The Morgan fingerprint density at radius 3 is 2.21 bits per heavy atom. The third kappa shape index (κ3) is 8.25. The van der Waals surface area contributed by atoms with E-state index in [1.54, 1.807) is 59.3 Å². The second kappa shape index (κ2) is 14.6. The SMILES string of the molecule is CCc1cc2cc(C(=O)N[C@@H](Cc3ccccc3)[C@H](O)CNCc3cccc(C(F)(F)F)c3)ccc2n1N(c1ccccc1)S(C)(=O)=O. The number of halogens is 3. The average Bonchev–Trinajstić information content (AvgIpc) is 3.41. The molecule has 12 heteroatoms. The van der Waals surface area contributed by atoms with Gasteiger partial charge >= 0.3 is 6.18 Å². The zero-order chi connectivity index (χ0) is 34.5. The molecule has 0 saturated heterocycles. The fraction of sp³-hybridized carbons (Fsp3) is 0.250. The van der Waals surface area contributed by atoms with Crippen LogP contribution in [0.5, 0.6) is 0 Å². The van der Waals surface area contributed by atoms with Crippen LogP contribution in [0.4, 0.5) is 18.9 Å². The van der Waals surface area contributed by atoms with Gasteiger partial charge in [0, 0.05) is 29.7 Å². The lowest BCUT2D eigenvalue weighted by Crippen LogP contribution is -2.48. The minimum absolute atomic E-state index is 0.0105. The third-order valence-electron chi connectivity index (χ3n) is 7.96. The predicted octanol–water partition coefficient (Wildman–Crippen LogP) is 5.94. The predicted molar refractivity (Wildman–Crippen MR) is 181 cm³/mol. The number of benzene rings is 4. The van der Waals surface area contributed by atoms with Gasteiger partial charge in [0.25, 0.3) is 5.91 Å². The molecule has 0 aliphatic carbocycles. The molecule has 0 aliphatic heterocycles. The highest BCUT2D eigenvalue weighted by Crippen LogP contribution is 2.30. The number of aryl methyl sites for hydroxylation is 1. The Morgan fingerprint density at radius 2 is 1.56 bits per heavy atom. The van der Waals surface area contributed by atoms with Gasteiger partial charge in [0.15, 0.2) is 0 Å². The Kier molecular flexibility index (Phi) is 10.6. The number of hydrogen-bond acceptors (Lipinski definition) is 5. The summed E-state index contributed by atoms with van der Waals surface area (Å²) in [5, 5.41) is 17.8. The average molecular weight is 679 g/mol. The number of carbonyl (C=O) groups is 1. The lowest BCUT2D eigenvalue weighted by atomic mass is 10.00. The van der Waals surface area contributed by atoms with E-state index in [4.69, 9.17) is 0 Å². The molecule has 0 spiro atoms. The van der Waals surface area contributed by atoms with Crippen LogP contribution in [0.15, 0.2) is 109 Å². The Morgan fingerprint density at radius 1 is 0.896 bits per heavy atom. The number of anilines is 1. The van der Waals surface area contributed by atoms with Crippen LogP contribution in [-0.2, 0) is 35.6 Å². The highest BCUT2D eigenvalue weighted by Gasteiger charge is 2.30. The van der Waals surface area contributed by atoms with Crippen molar-refractivity contribution in [2.45, 2.75) is 44.6 Å². The summed E-state index contributed by atoms with van der Waals surface area (Å²) in [5.74, 6) is -0.441. The summed E-state index contributed by atoms with van der Waals surface area (Å²) < 4.78 is 68.4. The van der Waals surface area contributed by atoms with E-state index in [2.05, 4.69) is 10.6 Å². The van der Waals surface area contributed by atoms with Crippen molar-refractivity contribution in [1.82, 2.24) is 15.3 Å². The molecular weight excluding hydrogens is 641 g/mol. The molecule has 1 amide bonds. The molecule has 1 heterocycles. The molecule has 252 valence electrons. The molecule has 0 bridgehead atoms. The number of alkyl halides is 3. The van der Waals surface area contributed by atoms with Gasteiger partial charge in [0.2, 0.25) is 10.0 Å². The van der Waals surface area contributed by atoms with Crippen molar-refractivity contribution in [3.05, 3.63) is 137 Å². The van der Waals surface area contributed by atoms with E-state index >= 15 is 0 Å². The number of nitrogens with zero attached hydrogens (tertiary/aromatic N) is 2. The Balaban J connectivity index is 1.37.